The zero-order chi connectivity index (χ0) is 31.8. The highest BCUT2D eigenvalue weighted by atomic mass is 15.1. The van der Waals surface area contributed by atoms with Crippen molar-refractivity contribution in [3.05, 3.63) is 69.4 Å². The van der Waals surface area contributed by atoms with Gasteiger partial charge < -0.3 is 0 Å². The van der Waals surface area contributed by atoms with Crippen LogP contribution in [-0.4, -0.2) is 0 Å². The molecule has 0 radical (unpaired) electrons. The van der Waals surface area contributed by atoms with Gasteiger partial charge in [0.05, 0.1) is 11.9 Å². The van der Waals surface area contributed by atoms with Gasteiger partial charge in [0.25, 0.3) is 0 Å². The van der Waals surface area contributed by atoms with Crippen LogP contribution in [0.3, 0.4) is 0 Å². The molecule has 0 atom stereocenters. The number of benzene rings is 2. The summed E-state index contributed by atoms with van der Waals surface area (Å²) < 4.78 is 0. The van der Waals surface area contributed by atoms with E-state index in [0.29, 0.717) is 0 Å². The van der Waals surface area contributed by atoms with Crippen molar-refractivity contribution in [2.45, 2.75) is 183 Å². The Morgan fingerprint density at radius 2 is 0.886 bits per heavy atom. The first-order valence-electron chi connectivity index (χ1n) is 19.0. The number of rotatable bonds is 25. The third-order valence-electron chi connectivity index (χ3n) is 9.22. The highest BCUT2D eigenvalue weighted by Gasteiger charge is 2.12. The van der Waals surface area contributed by atoms with Crippen molar-refractivity contribution in [1.82, 2.24) is 0 Å². The molecule has 0 saturated carbocycles. The van der Waals surface area contributed by atoms with Crippen LogP contribution in [0.5, 0.6) is 0 Å². The van der Waals surface area contributed by atoms with Crippen molar-refractivity contribution in [2.24, 2.45) is 10.2 Å². The predicted octanol–water partition coefficient (Wildman–Crippen LogP) is 14.1. The van der Waals surface area contributed by atoms with Crippen LogP contribution in [0.4, 0.5) is 5.69 Å². The fraction of sp³-hybridized carbons (Fsp3) is 0.667. The van der Waals surface area contributed by atoms with E-state index in [4.69, 9.17) is 5.11 Å². The van der Waals surface area contributed by atoms with E-state index < -0.39 is 0 Å². The van der Waals surface area contributed by atoms with Gasteiger partial charge in [0, 0.05) is 0 Å². The summed E-state index contributed by atoms with van der Waals surface area (Å²) in [5.74, 6) is 0. The zero-order valence-corrected chi connectivity index (χ0v) is 29.9. The van der Waals surface area contributed by atoms with Gasteiger partial charge in [-0.1, -0.05) is 124 Å². The van der Waals surface area contributed by atoms with Gasteiger partial charge in [-0.05, 0) is 128 Å². The first-order valence-corrected chi connectivity index (χ1v) is 19.0. The first kappa shape index (κ1) is 38.0. The lowest BCUT2D eigenvalue weighted by Crippen LogP contribution is -2.03. The summed E-state index contributed by atoms with van der Waals surface area (Å²) >= 11 is 0. The Morgan fingerprint density at radius 1 is 0.455 bits per heavy atom. The van der Waals surface area contributed by atoms with E-state index in [2.05, 4.69) is 77.0 Å². The van der Waals surface area contributed by atoms with Gasteiger partial charge in [-0.3, -0.25) is 0 Å². The number of hydrogen-bond acceptors (Lipinski definition) is 2. The Labute approximate surface area is 273 Å². The van der Waals surface area contributed by atoms with Crippen LogP contribution in [-0.2, 0) is 38.5 Å². The fourth-order valence-corrected chi connectivity index (χ4v) is 6.52. The van der Waals surface area contributed by atoms with E-state index >= 15 is 0 Å². The van der Waals surface area contributed by atoms with Crippen molar-refractivity contribution in [3.63, 3.8) is 0 Å². The van der Waals surface area contributed by atoms with E-state index in [9.17, 15) is 0 Å². The Bertz CT molecular complexity index is 1060. The van der Waals surface area contributed by atoms with Crippen LogP contribution >= 0.6 is 0 Å². The lowest BCUT2D eigenvalue weighted by molar-refractivity contribution is 0.605. The quantitative estimate of drug-likeness (QED) is 0.0800. The first-order chi connectivity index (χ1) is 21.6. The van der Waals surface area contributed by atoms with Crippen LogP contribution in [0.25, 0.3) is 6.08 Å². The molecule has 2 aromatic carbocycles. The van der Waals surface area contributed by atoms with Gasteiger partial charge in [-0.15, -0.1) is 0 Å². The van der Waals surface area contributed by atoms with Crippen LogP contribution in [0.1, 0.15) is 183 Å². The van der Waals surface area contributed by atoms with Crippen molar-refractivity contribution >= 4 is 11.8 Å². The summed E-state index contributed by atoms with van der Waals surface area (Å²) in [7, 11) is 0. The number of aryl methyl sites for hydroxylation is 4. The Balaban J connectivity index is 2.29. The number of nitrogens with zero attached hydrogens (tertiary/aromatic N) is 2. The lowest BCUT2D eigenvalue weighted by Gasteiger charge is -2.17. The number of azo groups is 1. The minimum absolute atomic E-state index is 1.02. The molecule has 2 heteroatoms. The average Bonchev–Trinajstić information content (AvgIpc) is 3.04. The second-order valence-electron chi connectivity index (χ2n) is 13.1. The predicted molar refractivity (Wildman–Crippen MR) is 197 cm³/mol. The zero-order valence-electron chi connectivity index (χ0n) is 29.9. The molecule has 0 aromatic heterocycles. The molecule has 2 aromatic rings. The maximum atomic E-state index is 4.75. The van der Waals surface area contributed by atoms with Crippen molar-refractivity contribution in [2.75, 3.05) is 0 Å². The standard InChI is InChI=1S/C42H68N2/c1-7-13-18-20-21-22-26-39-34-40(33-36(12-6)41(39)28-23-19-14-8-2)44-43-30-29-35-31-37(24-15-9-3)42(27-17-11-5)38(32-35)25-16-10-4/h29-34H,7-28H2,1-6H3. The topological polar surface area (TPSA) is 24.7 Å². The summed E-state index contributed by atoms with van der Waals surface area (Å²) in [6.07, 6.45) is 32.0. The molecule has 0 bridgehead atoms. The maximum absolute atomic E-state index is 4.75. The maximum Gasteiger partial charge on any atom is 0.0862 e. The minimum Gasteiger partial charge on any atom is -0.159 e. The molecule has 0 N–H and O–H groups in total. The highest BCUT2D eigenvalue weighted by Crippen LogP contribution is 2.29. The molecule has 0 spiro atoms. The molecule has 44 heavy (non-hydrogen) atoms. The summed E-state index contributed by atoms with van der Waals surface area (Å²) in [5, 5.41) is 9.35. The second-order valence-corrected chi connectivity index (χ2v) is 13.1. The molecule has 0 aliphatic heterocycles. The highest BCUT2D eigenvalue weighted by molar-refractivity contribution is 5.55. The van der Waals surface area contributed by atoms with Gasteiger partial charge in [0.1, 0.15) is 0 Å². The molecule has 2 nitrogen and oxygen atoms in total. The second kappa shape index (κ2) is 24.1. The molecule has 0 heterocycles. The largest absolute Gasteiger partial charge is 0.159 e. The Kier molecular flexibility index (Phi) is 20.8. The molecule has 246 valence electrons. The van der Waals surface area contributed by atoms with E-state index in [0.717, 1.165) is 12.1 Å². The van der Waals surface area contributed by atoms with E-state index in [-0.39, 0.29) is 0 Å². The van der Waals surface area contributed by atoms with Gasteiger partial charge in [0.2, 0.25) is 0 Å². The molecular formula is C42H68N2. The van der Waals surface area contributed by atoms with Crippen molar-refractivity contribution < 1.29 is 0 Å². The summed E-state index contributed by atoms with van der Waals surface area (Å²) in [6, 6.07) is 9.53. The van der Waals surface area contributed by atoms with Crippen molar-refractivity contribution in [3.8, 4) is 0 Å². The summed E-state index contributed by atoms with van der Waals surface area (Å²) in [6.45, 7) is 13.8. The lowest BCUT2D eigenvalue weighted by atomic mass is 9.89. The normalized spacial score (nSPS) is 11.9. The smallest absolute Gasteiger partial charge is 0.0862 e. The molecule has 0 fully saturated rings. The SMILES string of the molecule is CCCCCCCCc1cc(N=NC=Cc2cc(CCCC)c(CCCC)c(CCCC)c2)cc(CC)c1CCCCCC. The van der Waals surface area contributed by atoms with Crippen LogP contribution < -0.4 is 0 Å². The van der Waals surface area contributed by atoms with Crippen molar-refractivity contribution in [1.29, 1.82) is 0 Å². The van der Waals surface area contributed by atoms with Gasteiger partial charge in [0.15, 0.2) is 0 Å². The van der Waals surface area contributed by atoms with Crippen LogP contribution in [0.15, 0.2) is 40.7 Å². The van der Waals surface area contributed by atoms with Gasteiger partial charge in [-0.25, -0.2) is 0 Å². The molecular weight excluding hydrogens is 532 g/mol. The molecule has 0 unspecified atom stereocenters. The number of hydrogen-bond donors (Lipinski definition) is 0. The molecule has 0 amide bonds. The van der Waals surface area contributed by atoms with Crippen LogP contribution in [0, 0.1) is 0 Å². The third-order valence-corrected chi connectivity index (χ3v) is 9.22. The van der Waals surface area contributed by atoms with Gasteiger partial charge in [-0.2, -0.15) is 10.2 Å². The average molecular weight is 601 g/mol. The monoisotopic (exact) mass is 601 g/mol. The summed E-state index contributed by atoms with van der Waals surface area (Å²) in [5.41, 5.74) is 11.7. The number of unbranched alkanes of at least 4 members (excludes halogenated alkanes) is 11. The Hall–Kier alpha value is -2.22. The van der Waals surface area contributed by atoms with Crippen LogP contribution in [0.2, 0.25) is 0 Å². The van der Waals surface area contributed by atoms with E-state index in [1.165, 1.54) is 152 Å². The van der Waals surface area contributed by atoms with Gasteiger partial charge >= 0.3 is 0 Å². The fourth-order valence-electron chi connectivity index (χ4n) is 6.52. The molecule has 0 aliphatic rings. The van der Waals surface area contributed by atoms with E-state index in [1.54, 1.807) is 22.3 Å². The summed E-state index contributed by atoms with van der Waals surface area (Å²) in [4.78, 5) is 0. The molecule has 0 aliphatic carbocycles. The minimum atomic E-state index is 1.02. The molecule has 0 saturated heterocycles. The van der Waals surface area contributed by atoms with E-state index in [1.807, 2.05) is 6.20 Å². The molecule has 2 rings (SSSR count). The third kappa shape index (κ3) is 14.3. The Morgan fingerprint density at radius 3 is 1.50 bits per heavy atom.